The molecule has 0 radical (unpaired) electrons. The highest BCUT2D eigenvalue weighted by Gasteiger charge is 2.16. The minimum Gasteiger partial charge on any atom is -0.285 e. The van der Waals surface area contributed by atoms with Crippen molar-refractivity contribution in [1.82, 2.24) is 20.4 Å². The van der Waals surface area contributed by atoms with E-state index < -0.39 is 16.7 Å². The number of nitrogens with zero attached hydrogens (tertiary/aromatic N) is 3. The summed E-state index contributed by atoms with van der Waals surface area (Å²) in [4.78, 5) is 51.6. The number of fused-ring (bicyclic) bond motifs is 1. The van der Waals surface area contributed by atoms with Crippen molar-refractivity contribution in [2.24, 2.45) is 0 Å². The summed E-state index contributed by atoms with van der Waals surface area (Å²) in [6.45, 7) is 3.71. The second-order valence-electron chi connectivity index (χ2n) is 6.78. The Bertz CT molecular complexity index is 1210. The summed E-state index contributed by atoms with van der Waals surface area (Å²) in [5.74, 6) is -1.20. The molecule has 31 heavy (non-hydrogen) atoms. The van der Waals surface area contributed by atoms with Gasteiger partial charge in [-0.2, -0.15) is 0 Å². The van der Waals surface area contributed by atoms with Crippen LogP contribution in [0.3, 0.4) is 0 Å². The fourth-order valence-corrected chi connectivity index (χ4v) is 3.71. The number of amides is 2. The Labute approximate surface area is 180 Å². The number of non-ortho nitro benzene ring substituents is 1. The van der Waals surface area contributed by atoms with E-state index in [1.54, 1.807) is 24.3 Å². The molecular formula is C20H19N5O5S. The summed E-state index contributed by atoms with van der Waals surface area (Å²) in [6, 6.07) is 11.8. The van der Waals surface area contributed by atoms with Gasteiger partial charge in [0.25, 0.3) is 17.2 Å². The average Bonchev–Trinajstić information content (AvgIpc) is 2.75. The van der Waals surface area contributed by atoms with Gasteiger partial charge in [0.15, 0.2) is 5.16 Å². The molecule has 2 aromatic carbocycles. The molecule has 3 rings (SSSR count). The molecule has 2 amide bonds. The molecule has 0 fully saturated rings. The largest absolute Gasteiger partial charge is 0.285 e. The van der Waals surface area contributed by atoms with Crippen LogP contribution in [-0.2, 0) is 4.79 Å². The summed E-state index contributed by atoms with van der Waals surface area (Å²) in [7, 11) is 0. The van der Waals surface area contributed by atoms with Crippen LogP contribution in [0, 0.1) is 10.1 Å². The second-order valence-corrected chi connectivity index (χ2v) is 7.72. The lowest BCUT2D eigenvalue weighted by atomic mass is 10.2. The van der Waals surface area contributed by atoms with E-state index in [9.17, 15) is 24.5 Å². The molecular weight excluding hydrogens is 422 g/mol. The van der Waals surface area contributed by atoms with Crippen molar-refractivity contribution in [3.63, 3.8) is 0 Å². The first-order valence-corrected chi connectivity index (χ1v) is 10.2. The molecule has 0 aliphatic carbocycles. The van der Waals surface area contributed by atoms with Crippen molar-refractivity contribution in [2.45, 2.75) is 25.0 Å². The third-order valence-corrected chi connectivity index (χ3v) is 5.23. The van der Waals surface area contributed by atoms with Gasteiger partial charge in [0.2, 0.25) is 5.91 Å². The zero-order valence-electron chi connectivity index (χ0n) is 16.7. The smallest absolute Gasteiger partial charge is 0.269 e. The lowest BCUT2D eigenvalue weighted by molar-refractivity contribution is -0.384. The van der Waals surface area contributed by atoms with Crippen LogP contribution in [0.15, 0.2) is 58.5 Å². The van der Waals surface area contributed by atoms with Crippen LogP contribution in [0.5, 0.6) is 0 Å². The van der Waals surface area contributed by atoms with Gasteiger partial charge in [-0.3, -0.25) is 39.9 Å². The molecule has 0 bridgehead atoms. The maximum Gasteiger partial charge on any atom is 0.269 e. The van der Waals surface area contributed by atoms with Gasteiger partial charge in [-0.15, -0.1) is 0 Å². The molecule has 3 aromatic rings. The van der Waals surface area contributed by atoms with Gasteiger partial charge >= 0.3 is 0 Å². The van der Waals surface area contributed by atoms with Crippen molar-refractivity contribution in [3.8, 4) is 0 Å². The van der Waals surface area contributed by atoms with Crippen LogP contribution in [0.2, 0.25) is 0 Å². The van der Waals surface area contributed by atoms with Crippen LogP contribution in [0.1, 0.15) is 30.2 Å². The maximum atomic E-state index is 12.8. The third kappa shape index (κ3) is 5.07. The summed E-state index contributed by atoms with van der Waals surface area (Å²) < 4.78 is 1.52. The van der Waals surface area contributed by atoms with E-state index >= 15 is 0 Å². The molecule has 11 heteroatoms. The number of para-hydroxylation sites is 1. The highest BCUT2D eigenvalue weighted by atomic mass is 32.2. The number of nitro benzene ring substituents is 1. The molecule has 160 valence electrons. The van der Waals surface area contributed by atoms with Crippen molar-refractivity contribution >= 4 is 40.2 Å². The number of aromatic nitrogens is 2. The standard InChI is InChI=1S/C20H19N5O5S/c1-12(2)24-19(28)15-5-3-4-6-16(15)21-20(24)31-11-17(26)22-23-18(27)13-7-9-14(10-8-13)25(29)30/h3-10,12H,11H2,1-2H3,(H,22,26)(H,23,27). The Kier molecular flexibility index (Phi) is 6.65. The maximum absolute atomic E-state index is 12.8. The van der Waals surface area contributed by atoms with E-state index in [0.717, 1.165) is 11.8 Å². The zero-order chi connectivity index (χ0) is 22.5. The molecule has 0 spiro atoms. The summed E-state index contributed by atoms with van der Waals surface area (Å²) in [5.41, 5.74) is 4.90. The van der Waals surface area contributed by atoms with E-state index in [-0.39, 0.29) is 28.6 Å². The van der Waals surface area contributed by atoms with E-state index in [1.165, 1.54) is 28.8 Å². The third-order valence-electron chi connectivity index (χ3n) is 4.28. The Morgan fingerprint density at radius 1 is 1.13 bits per heavy atom. The predicted molar refractivity (Wildman–Crippen MR) is 116 cm³/mol. The Morgan fingerprint density at radius 3 is 2.45 bits per heavy atom. The van der Waals surface area contributed by atoms with Crippen molar-refractivity contribution in [1.29, 1.82) is 0 Å². The quantitative estimate of drug-likeness (QED) is 0.259. The van der Waals surface area contributed by atoms with Crippen molar-refractivity contribution in [2.75, 3.05) is 5.75 Å². The molecule has 1 heterocycles. The molecule has 2 N–H and O–H groups in total. The SMILES string of the molecule is CC(C)n1c(SCC(=O)NNC(=O)c2ccc([N+](=O)[O-])cc2)nc2ccccc2c1=O. The summed E-state index contributed by atoms with van der Waals surface area (Å²) in [5, 5.41) is 11.6. The van der Waals surface area contributed by atoms with E-state index in [0.29, 0.717) is 16.1 Å². The Hall–Kier alpha value is -3.73. The van der Waals surface area contributed by atoms with Gasteiger partial charge in [-0.25, -0.2) is 4.98 Å². The van der Waals surface area contributed by atoms with Gasteiger partial charge < -0.3 is 0 Å². The first-order valence-electron chi connectivity index (χ1n) is 9.25. The molecule has 0 atom stereocenters. The first-order chi connectivity index (χ1) is 14.8. The fraction of sp³-hybridized carbons (Fsp3) is 0.200. The molecule has 0 aliphatic rings. The van der Waals surface area contributed by atoms with Crippen LogP contribution in [0.25, 0.3) is 10.9 Å². The van der Waals surface area contributed by atoms with E-state index in [2.05, 4.69) is 15.8 Å². The molecule has 10 nitrogen and oxygen atoms in total. The minimum absolute atomic E-state index is 0.0853. The highest BCUT2D eigenvalue weighted by Crippen LogP contribution is 2.20. The number of carbonyl (C=O) groups excluding carboxylic acids is 2. The normalized spacial score (nSPS) is 10.8. The van der Waals surface area contributed by atoms with Crippen LogP contribution < -0.4 is 16.4 Å². The van der Waals surface area contributed by atoms with Gasteiger partial charge in [-0.1, -0.05) is 23.9 Å². The number of benzene rings is 2. The lowest BCUT2D eigenvalue weighted by Gasteiger charge is -2.16. The molecule has 0 saturated carbocycles. The van der Waals surface area contributed by atoms with Crippen molar-refractivity contribution < 1.29 is 14.5 Å². The highest BCUT2D eigenvalue weighted by molar-refractivity contribution is 7.99. The van der Waals surface area contributed by atoms with E-state index in [4.69, 9.17) is 0 Å². The van der Waals surface area contributed by atoms with Crippen LogP contribution >= 0.6 is 11.8 Å². The van der Waals surface area contributed by atoms with Gasteiger partial charge in [0.05, 0.1) is 21.6 Å². The number of nitrogens with one attached hydrogen (secondary N) is 2. The Morgan fingerprint density at radius 2 is 1.81 bits per heavy atom. The number of carbonyl (C=O) groups is 2. The Balaban J connectivity index is 1.65. The molecule has 1 aromatic heterocycles. The number of thioether (sulfide) groups is 1. The van der Waals surface area contributed by atoms with Crippen LogP contribution in [-0.4, -0.2) is 32.0 Å². The lowest BCUT2D eigenvalue weighted by Crippen LogP contribution is -2.42. The zero-order valence-corrected chi connectivity index (χ0v) is 17.5. The van der Waals surface area contributed by atoms with Crippen molar-refractivity contribution in [3.05, 3.63) is 74.6 Å². The molecule has 0 saturated heterocycles. The predicted octanol–water partition coefficient (Wildman–Crippen LogP) is 2.44. The summed E-state index contributed by atoms with van der Waals surface area (Å²) >= 11 is 1.08. The second kappa shape index (κ2) is 9.39. The van der Waals surface area contributed by atoms with Gasteiger partial charge in [0, 0.05) is 23.7 Å². The number of rotatable bonds is 6. The topological polar surface area (TPSA) is 136 Å². The number of nitro groups is 1. The number of hydrogen-bond acceptors (Lipinski definition) is 7. The average molecular weight is 441 g/mol. The molecule has 0 aliphatic heterocycles. The summed E-state index contributed by atoms with van der Waals surface area (Å²) in [6.07, 6.45) is 0. The number of hydrogen-bond donors (Lipinski definition) is 2. The molecule has 0 unspecified atom stereocenters. The number of hydrazine groups is 1. The monoisotopic (exact) mass is 441 g/mol. The minimum atomic E-state index is -0.615. The first kappa shape index (κ1) is 22.0. The van der Waals surface area contributed by atoms with E-state index in [1.807, 2.05) is 13.8 Å². The van der Waals surface area contributed by atoms with Crippen LogP contribution in [0.4, 0.5) is 5.69 Å². The van der Waals surface area contributed by atoms with Gasteiger partial charge in [-0.05, 0) is 38.1 Å². The fourth-order valence-electron chi connectivity index (χ4n) is 2.78. The van der Waals surface area contributed by atoms with Gasteiger partial charge in [0.1, 0.15) is 0 Å².